The molecule has 1 fully saturated rings. The van der Waals surface area contributed by atoms with Gasteiger partial charge in [-0.1, -0.05) is 11.6 Å². The molecule has 3 N–H and O–H groups in total. The number of ether oxygens (including phenoxy) is 2. The zero-order chi connectivity index (χ0) is 17.8. The van der Waals surface area contributed by atoms with Crippen molar-refractivity contribution in [2.24, 2.45) is 11.7 Å². The first-order valence-corrected chi connectivity index (χ1v) is 9.28. The minimum atomic E-state index is -0.549. The summed E-state index contributed by atoms with van der Waals surface area (Å²) in [5.41, 5.74) is 7.69. The van der Waals surface area contributed by atoms with Crippen LogP contribution < -0.4 is 15.8 Å². The number of aromatic nitrogens is 1. The average molecular weight is 382 g/mol. The van der Waals surface area contributed by atoms with Crippen molar-refractivity contribution in [3.63, 3.8) is 0 Å². The Hall–Kier alpha value is -1.67. The first-order valence-electron chi connectivity index (χ1n) is 8.02. The third-order valence-corrected chi connectivity index (χ3v) is 5.31. The number of halogens is 1. The summed E-state index contributed by atoms with van der Waals surface area (Å²) in [4.78, 5) is 16.8. The first kappa shape index (κ1) is 18.1. The van der Waals surface area contributed by atoms with E-state index >= 15 is 0 Å². The second-order valence-corrected chi connectivity index (χ2v) is 7.12. The number of carbonyl (C=O) groups excluding carboxylic acids is 1. The van der Waals surface area contributed by atoms with Gasteiger partial charge in [-0.3, -0.25) is 4.79 Å². The van der Waals surface area contributed by atoms with E-state index in [4.69, 9.17) is 26.8 Å². The van der Waals surface area contributed by atoms with Crippen molar-refractivity contribution in [2.45, 2.75) is 18.9 Å². The van der Waals surface area contributed by atoms with Crippen LogP contribution in [0.2, 0.25) is 5.02 Å². The summed E-state index contributed by atoms with van der Waals surface area (Å²) in [7, 11) is 1.57. The highest BCUT2D eigenvalue weighted by molar-refractivity contribution is 7.14. The maximum atomic E-state index is 12.3. The Morgan fingerprint density at radius 2 is 2.24 bits per heavy atom. The lowest BCUT2D eigenvalue weighted by atomic mass is 9.92. The van der Waals surface area contributed by atoms with E-state index in [-0.39, 0.29) is 11.8 Å². The number of hydrogen-bond donors (Lipinski definition) is 2. The van der Waals surface area contributed by atoms with E-state index in [0.717, 1.165) is 24.1 Å². The van der Waals surface area contributed by atoms with E-state index in [1.54, 1.807) is 19.2 Å². The van der Waals surface area contributed by atoms with E-state index in [1.165, 1.54) is 11.3 Å². The van der Waals surface area contributed by atoms with Crippen molar-refractivity contribution in [2.75, 3.05) is 25.6 Å². The molecule has 8 heteroatoms. The number of nitrogens with two attached hydrogens (primary N) is 1. The summed E-state index contributed by atoms with van der Waals surface area (Å²) in [6.07, 6.45) is 1.62. The Kier molecular flexibility index (Phi) is 5.90. The molecule has 1 aromatic heterocycles. The van der Waals surface area contributed by atoms with Crippen LogP contribution in [0.15, 0.2) is 23.6 Å². The number of hydrogen-bond acceptors (Lipinski definition) is 6. The highest BCUT2D eigenvalue weighted by Crippen LogP contribution is 2.32. The first-order chi connectivity index (χ1) is 12.1. The van der Waals surface area contributed by atoms with Crippen molar-refractivity contribution >= 4 is 34.0 Å². The quantitative estimate of drug-likeness (QED) is 0.830. The monoisotopic (exact) mass is 381 g/mol. The molecule has 0 spiro atoms. The maximum absolute atomic E-state index is 12.3. The Bertz CT molecular complexity index is 746. The normalized spacial score (nSPS) is 16.4. The molecule has 6 nitrogen and oxygen atoms in total. The Morgan fingerprint density at radius 1 is 1.48 bits per heavy atom. The molecule has 1 unspecified atom stereocenters. The molecule has 0 saturated carbocycles. The molecule has 1 aromatic carbocycles. The van der Waals surface area contributed by atoms with Gasteiger partial charge in [0.05, 0.1) is 23.9 Å². The molecule has 0 aliphatic carbocycles. The zero-order valence-electron chi connectivity index (χ0n) is 13.8. The molecular weight excluding hydrogens is 362 g/mol. The molecule has 0 bridgehead atoms. The summed E-state index contributed by atoms with van der Waals surface area (Å²) in [5.74, 6) is 0.547. The number of thiazole rings is 1. The van der Waals surface area contributed by atoms with Crippen molar-refractivity contribution in [3.05, 3.63) is 28.6 Å². The van der Waals surface area contributed by atoms with Gasteiger partial charge < -0.3 is 20.5 Å². The van der Waals surface area contributed by atoms with Crippen LogP contribution in [0.1, 0.15) is 12.8 Å². The number of anilines is 1. The number of rotatable bonds is 5. The molecule has 1 atom stereocenters. The predicted molar refractivity (Wildman–Crippen MR) is 99.3 cm³/mol. The molecule has 3 rings (SSSR count). The molecular formula is C17H20ClN3O3S. The Morgan fingerprint density at radius 3 is 2.92 bits per heavy atom. The lowest BCUT2D eigenvalue weighted by Crippen LogP contribution is -2.43. The van der Waals surface area contributed by atoms with Crippen molar-refractivity contribution in [1.29, 1.82) is 0 Å². The fraction of sp³-hybridized carbons (Fsp3) is 0.412. The van der Waals surface area contributed by atoms with Crippen LogP contribution in [-0.4, -0.2) is 37.3 Å². The lowest BCUT2D eigenvalue weighted by Gasteiger charge is -2.26. The van der Waals surface area contributed by atoms with E-state index in [2.05, 4.69) is 10.3 Å². The third kappa shape index (κ3) is 4.30. The molecule has 25 heavy (non-hydrogen) atoms. The number of nitrogens with zero attached hydrogens (tertiary/aromatic N) is 1. The van der Waals surface area contributed by atoms with Gasteiger partial charge in [0.2, 0.25) is 5.91 Å². The summed E-state index contributed by atoms with van der Waals surface area (Å²) < 4.78 is 10.5. The number of benzene rings is 1. The van der Waals surface area contributed by atoms with Crippen LogP contribution in [-0.2, 0) is 9.53 Å². The number of amides is 1. The van der Waals surface area contributed by atoms with Crippen molar-refractivity contribution < 1.29 is 14.3 Å². The molecule has 2 heterocycles. The molecule has 0 radical (unpaired) electrons. The van der Waals surface area contributed by atoms with E-state index in [1.807, 2.05) is 11.4 Å². The molecule has 1 aliphatic heterocycles. The maximum Gasteiger partial charge on any atom is 0.243 e. The fourth-order valence-corrected chi connectivity index (χ4v) is 3.75. The summed E-state index contributed by atoms with van der Waals surface area (Å²) >= 11 is 7.51. The van der Waals surface area contributed by atoms with Crippen LogP contribution in [0.3, 0.4) is 0 Å². The smallest absolute Gasteiger partial charge is 0.243 e. The van der Waals surface area contributed by atoms with Gasteiger partial charge in [0.1, 0.15) is 5.75 Å². The second-order valence-electron chi connectivity index (χ2n) is 5.85. The highest BCUT2D eigenvalue weighted by Gasteiger charge is 2.27. The molecule has 1 aliphatic rings. The van der Waals surface area contributed by atoms with Gasteiger partial charge in [-0.25, -0.2) is 4.98 Å². The topological polar surface area (TPSA) is 86.5 Å². The van der Waals surface area contributed by atoms with Gasteiger partial charge in [0, 0.05) is 24.2 Å². The van der Waals surface area contributed by atoms with Gasteiger partial charge in [0.25, 0.3) is 0 Å². The molecule has 2 aromatic rings. The zero-order valence-corrected chi connectivity index (χ0v) is 15.4. The number of nitrogens with one attached hydrogen (secondary N) is 1. The van der Waals surface area contributed by atoms with Crippen LogP contribution in [0.25, 0.3) is 11.3 Å². The largest absolute Gasteiger partial charge is 0.495 e. The Labute approximate surface area is 155 Å². The SMILES string of the molecule is COc1ccc(-c2csc(NC(=O)C(N)C3CCOCC3)n2)cc1Cl. The number of carbonyl (C=O) groups is 1. The summed E-state index contributed by atoms with van der Waals surface area (Å²) in [5, 5.41) is 5.72. The minimum Gasteiger partial charge on any atom is -0.495 e. The van der Waals surface area contributed by atoms with Crippen LogP contribution in [0, 0.1) is 5.92 Å². The van der Waals surface area contributed by atoms with Gasteiger partial charge in [-0.15, -0.1) is 11.3 Å². The minimum absolute atomic E-state index is 0.147. The predicted octanol–water partition coefficient (Wildman–Crippen LogP) is 3.16. The lowest BCUT2D eigenvalue weighted by molar-refractivity contribution is -0.119. The molecule has 1 amide bonds. The second kappa shape index (κ2) is 8.14. The van der Waals surface area contributed by atoms with Gasteiger partial charge in [-0.2, -0.15) is 0 Å². The van der Waals surface area contributed by atoms with Gasteiger partial charge >= 0.3 is 0 Å². The standard InChI is InChI=1S/C17H20ClN3O3S/c1-23-14-3-2-11(8-12(14)18)13-9-25-17(20-13)21-16(22)15(19)10-4-6-24-7-5-10/h2-3,8-10,15H,4-7,19H2,1H3,(H,20,21,22). The molecule has 134 valence electrons. The van der Waals surface area contributed by atoms with E-state index in [0.29, 0.717) is 29.1 Å². The molecule has 1 saturated heterocycles. The van der Waals surface area contributed by atoms with Gasteiger partial charge in [-0.05, 0) is 37.0 Å². The van der Waals surface area contributed by atoms with E-state index in [9.17, 15) is 4.79 Å². The van der Waals surface area contributed by atoms with Crippen LogP contribution >= 0.6 is 22.9 Å². The fourth-order valence-electron chi connectivity index (χ4n) is 2.77. The highest BCUT2D eigenvalue weighted by atomic mass is 35.5. The summed E-state index contributed by atoms with van der Waals surface area (Å²) in [6, 6.07) is 4.90. The van der Waals surface area contributed by atoms with Gasteiger partial charge in [0.15, 0.2) is 5.13 Å². The Balaban J connectivity index is 1.67. The van der Waals surface area contributed by atoms with Crippen molar-refractivity contribution in [1.82, 2.24) is 4.98 Å². The third-order valence-electron chi connectivity index (χ3n) is 4.26. The van der Waals surface area contributed by atoms with Crippen LogP contribution in [0.5, 0.6) is 5.75 Å². The van der Waals surface area contributed by atoms with E-state index < -0.39 is 6.04 Å². The summed E-state index contributed by atoms with van der Waals surface area (Å²) in [6.45, 7) is 1.32. The van der Waals surface area contributed by atoms with Crippen LogP contribution in [0.4, 0.5) is 5.13 Å². The number of methoxy groups -OCH3 is 1. The van der Waals surface area contributed by atoms with Crippen molar-refractivity contribution in [3.8, 4) is 17.0 Å². The average Bonchev–Trinajstić information content (AvgIpc) is 3.10.